The van der Waals surface area contributed by atoms with Crippen LogP contribution in [0, 0.1) is 5.41 Å². The topological polar surface area (TPSA) is 103 Å². The van der Waals surface area contributed by atoms with Crippen LogP contribution in [-0.2, 0) is 10.0 Å². The van der Waals surface area contributed by atoms with E-state index >= 15 is 0 Å². The maximum atomic E-state index is 11.4. The van der Waals surface area contributed by atoms with Gasteiger partial charge < -0.3 is 15.7 Å². The highest BCUT2D eigenvalue weighted by atomic mass is 32.2. The van der Waals surface area contributed by atoms with Crippen molar-refractivity contribution in [3.8, 4) is 0 Å². The van der Waals surface area contributed by atoms with Gasteiger partial charge in [0.15, 0.2) is 5.96 Å². The Bertz CT molecular complexity index is 483. The van der Waals surface area contributed by atoms with Gasteiger partial charge in [0.1, 0.15) is 0 Å². The molecule has 1 aliphatic rings. The lowest BCUT2D eigenvalue weighted by Crippen LogP contribution is -2.40. The highest BCUT2D eigenvalue weighted by molar-refractivity contribution is 7.89. The van der Waals surface area contributed by atoms with Gasteiger partial charge in [-0.15, -0.1) is 0 Å². The van der Waals surface area contributed by atoms with Crippen LogP contribution in [0.1, 0.15) is 58.8 Å². The number of aliphatic imine (C=N–C) groups is 1. The summed E-state index contributed by atoms with van der Waals surface area (Å²) in [6.45, 7) is 6.46. The minimum Gasteiger partial charge on any atom is -0.396 e. The second-order valence-corrected chi connectivity index (χ2v) is 8.90. The van der Waals surface area contributed by atoms with Crippen molar-refractivity contribution in [3.05, 3.63) is 0 Å². The summed E-state index contributed by atoms with van der Waals surface area (Å²) in [4.78, 5) is 4.74. The lowest BCUT2D eigenvalue weighted by molar-refractivity contribution is 0.137. The Kier molecular flexibility index (Phi) is 10.4. The van der Waals surface area contributed by atoms with Gasteiger partial charge in [0.2, 0.25) is 10.0 Å². The largest absolute Gasteiger partial charge is 0.396 e. The molecule has 0 unspecified atom stereocenters. The Balaban J connectivity index is 2.46. The molecule has 1 saturated carbocycles. The van der Waals surface area contributed by atoms with Crippen molar-refractivity contribution in [1.29, 1.82) is 0 Å². The number of nitrogens with one attached hydrogen (secondary N) is 3. The van der Waals surface area contributed by atoms with Crippen LogP contribution >= 0.6 is 0 Å². The number of hydrogen-bond acceptors (Lipinski definition) is 4. The smallest absolute Gasteiger partial charge is 0.211 e. The molecule has 0 bridgehead atoms. The van der Waals surface area contributed by atoms with Crippen LogP contribution in [0.15, 0.2) is 4.99 Å². The summed E-state index contributed by atoms with van der Waals surface area (Å²) in [5.41, 5.74) is 0.131. The van der Waals surface area contributed by atoms with Gasteiger partial charge in [-0.2, -0.15) is 0 Å². The van der Waals surface area contributed by atoms with Gasteiger partial charge in [0, 0.05) is 32.8 Å². The zero-order valence-electron chi connectivity index (χ0n) is 15.8. The lowest BCUT2D eigenvalue weighted by Gasteiger charge is -2.35. The Hall–Kier alpha value is -0.860. The van der Waals surface area contributed by atoms with Crippen molar-refractivity contribution in [3.63, 3.8) is 0 Å². The quantitative estimate of drug-likeness (QED) is 0.247. The zero-order chi connectivity index (χ0) is 18.6. The van der Waals surface area contributed by atoms with Crippen molar-refractivity contribution in [1.82, 2.24) is 15.4 Å². The molecule has 1 rings (SSSR count). The summed E-state index contributed by atoms with van der Waals surface area (Å²) in [5.74, 6) is 0.876. The first-order valence-electron chi connectivity index (χ1n) is 9.57. The fourth-order valence-electron chi connectivity index (χ4n) is 3.24. The second kappa shape index (κ2) is 11.7. The average molecular weight is 377 g/mol. The van der Waals surface area contributed by atoms with E-state index in [1.165, 1.54) is 19.3 Å². The maximum Gasteiger partial charge on any atom is 0.211 e. The number of hydrogen-bond donors (Lipinski definition) is 4. The highest BCUT2D eigenvalue weighted by Crippen LogP contribution is 2.39. The van der Waals surface area contributed by atoms with Crippen molar-refractivity contribution >= 4 is 16.0 Å². The van der Waals surface area contributed by atoms with Crippen LogP contribution in [0.4, 0.5) is 0 Å². The third-order valence-corrected chi connectivity index (χ3v) is 6.23. The van der Waals surface area contributed by atoms with Crippen molar-refractivity contribution in [2.45, 2.75) is 58.8 Å². The Morgan fingerprint density at radius 3 is 2.44 bits per heavy atom. The van der Waals surface area contributed by atoms with Crippen LogP contribution in [0.3, 0.4) is 0 Å². The monoisotopic (exact) mass is 376 g/mol. The van der Waals surface area contributed by atoms with E-state index in [0.717, 1.165) is 38.3 Å². The summed E-state index contributed by atoms with van der Waals surface area (Å²) >= 11 is 0. The SMILES string of the molecule is CCNC(=NCC1(CCO)CCCCC1)NCCCNS(=O)(=O)CC. The zero-order valence-corrected chi connectivity index (χ0v) is 16.6. The van der Waals surface area contributed by atoms with Gasteiger partial charge in [-0.05, 0) is 44.9 Å². The van der Waals surface area contributed by atoms with Gasteiger partial charge >= 0.3 is 0 Å². The molecule has 8 heteroatoms. The molecule has 0 aromatic carbocycles. The van der Waals surface area contributed by atoms with Gasteiger partial charge in [-0.3, -0.25) is 4.99 Å². The van der Waals surface area contributed by atoms with Crippen LogP contribution in [0.25, 0.3) is 0 Å². The highest BCUT2D eigenvalue weighted by Gasteiger charge is 2.31. The van der Waals surface area contributed by atoms with E-state index in [9.17, 15) is 13.5 Å². The van der Waals surface area contributed by atoms with Crippen molar-refractivity contribution in [2.24, 2.45) is 10.4 Å². The summed E-state index contributed by atoms with van der Waals surface area (Å²) in [5, 5.41) is 15.9. The first kappa shape index (κ1) is 22.2. The minimum atomic E-state index is -3.12. The molecular formula is C17H36N4O3S. The van der Waals surface area contributed by atoms with E-state index in [1.807, 2.05) is 6.92 Å². The predicted molar refractivity (Wildman–Crippen MR) is 103 cm³/mol. The number of aliphatic hydroxyl groups is 1. The molecule has 25 heavy (non-hydrogen) atoms. The molecule has 0 aromatic heterocycles. The Labute approximate surface area is 153 Å². The fraction of sp³-hybridized carbons (Fsp3) is 0.941. The number of guanidine groups is 1. The van der Waals surface area contributed by atoms with Gasteiger partial charge in [-0.25, -0.2) is 13.1 Å². The first-order chi connectivity index (χ1) is 12.0. The summed E-state index contributed by atoms with van der Waals surface area (Å²) < 4.78 is 25.3. The minimum absolute atomic E-state index is 0.109. The normalized spacial score (nSPS) is 18.1. The number of nitrogens with zero attached hydrogens (tertiary/aromatic N) is 1. The molecule has 0 saturated heterocycles. The molecule has 0 radical (unpaired) electrons. The van der Waals surface area contributed by atoms with E-state index in [2.05, 4.69) is 15.4 Å². The standard InChI is InChI=1S/C17H36N4O3S/c1-3-18-16(19-12-8-13-21-25(23,24)4-2)20-15-17(11-14-22)9-6-5-7-10-17/h21-22H,3-15H2,1-2H3,(H2,18,19,20). The molecule has 0 aromatic rings. The molecule has 0 aliphatic heterocycles. The summed E-state index contributed by atoms with van der Waals surface area (Å²) in [6, 6.07) is 0. The lowest BCUT2D eigenvalue weighted by atomic mass is 9.72. The molecule has 0 heterocycles. The number of sulfonamides is 1. The number of rotatable bonds is 11. The fourth-order valence-corrected chi connectivity index (χ4v) is 3.90. The summed E-state index contributed by atoms with van der Waals surface area (Å²) in [7, 11) is -3.12. The van der Waals surface area contributed by atoms with Gasteiger partial charge in [0.05, 0.1) is 5.75 Å². The van der Waals surface area contributed by atoms with E-state index in [0.29, 0.717) is 19.5 Å². The molecule has 7 nitrogen and oxygen atoms in total. The van der Waals surface area contributed by atoms with Crippen molar-refractivity contribution < 1.29 is 13.5 Å². The maximum absolute atomic E-state index is 11.4. The third kappa shape index (κ3) is 8.87. The van der Waals surface area contributed by atoms with E-state index in [4.69, 9.17) is 4.99 Å². The third-order valence-electron chi connectivity index (χ3n) is 4.82. The molecule has 4 N–H and O–H groups in total. The Morgan fingerprint density at radius 1 is 1.12 bits per heavy atom. The van der Waals surface area contributed by atoms with Crippen LogP contribution in [0.5, 0.6) is 0 Å². The van der Waals surface area contributed by atoms with Crippen molar-refractivity contribution in [2.75, 3.05) is 38.5 Å². The molecule has 148 valence electrons. The molecule has 0 atom stereocenters. The van der Waals surface area contributed by atoms with Gasteiger partial charge in [-0.1, -0.05) is 19.3 Å². The van der Waals surface area contributed by atoms with Crippen LogP contribution in [0.2, 0.25) is 0 Å². The average Bonchev–Trinajstić information content (AvgIpc) is 2.60. The Morgan fingerprint density at radius 2 is 1.84 bits per heavy atom. The van der Waals surface area contributed by atoms with Crippen LogP contribution in [-0.4, -0.2) is 58.0 Å². The van der Waals surface area contributed by atoms with E-state index in [-0.39, 0.29) is 17.8 Å². The second-order valence-electron chi connectivity index (χ2n) is 6.81. The molecule has 0 spiro atoms. The van der Waals surface area contributed by atoms with E-state index in [1.54, 1.807) is 6.92 Å². The van der Waals surface area contributed by atoms with E-state index < -0.39 is 10.0 Å². The van der Waals surface area contributed by atoms with Gasteiger partial charge in [0.25, 0.3) is 0 Å². The molecule has 1 fully saturated rings. The summed E-state index contributed by atoms with van der Waals surface area (Å²) in [6.07, 6.45) is 7.50. The van der Waals surface area contributed by atoms with Crippen LogP contribution < -0.4 is 15.4 Å². The molecule has 1 aliphatic carbocycles. The molecule has 0 amide bonds. The first-order valence-corrected chi connectivity index (χ1v) is 11.2. The predicted octanol–water partition coefficient (Wildman–Crippen LogP) is 1.20. The molecular weight excluding hydrogens is 340 g/mol. The number of aliphatic hydroxyl groups excluding tert-OH is 1.